The Hall–Kier alpha value is -3.80. The molecule has 4 rings (SSSR count). The van der Waals surface area contributed by atoms with Crippen molar-refractivity contribution in [3.63, 3.8) is 0 Å². The minimum atomic E-state index is 0.505. The van der Waals surface area contributed by atoms with Crippen LogP contribution >= 0.6 is 0 Å². The second kappa shape index (κ2) is 10.0. The summed E-state index contributed by atoms with van der Waals surface area (Å²) in [6, 6.07) is 22.4. The number of nitrogens with one attached hydrogen (secondary N) is 1. The normalized spacial score (nSPS) is 10.8. The second-order valence-electron chi connectivity index (χ2n) is 7.55. The van der Waals surface area contributed by atoms with Gasteiger partial charge in [-0.25, -0.2) is 9.97 Å². The van der Waals surface area contributed by atoms with Crippen molar-refractivity contribution >= 4 is 39.5 Å². The third-order valence-electron chi connectivity index (χ3n) is 5.38. The zero-order valence-corrected chi connectivity index (χ0v) is 18.6. The summed E-state index contributed by atoms with van der Waals surface area (Å²) in [6.45, 7) is 5.69. The van der Waals surface area contributed by atoms with E-state index in [-0.39, 0.29) is 0 Å². The highest BCUT2D eigenvalue weighted by Crippen LogP contribution is 2.36. The molecule has 3 aromatic carbocycles. The quantitative estimate of drug-likeness (QED) is 0.306. The highest BCUT2D eigenvalue weighted by atomic mass is 16.5. The van der Waals surface area contributed by atoms with Gasteiger partial charge >= 0.3 is 0 Å². The lowest BCUT2D eigenvalue weighted by Crippen LogP contribution is -2.20. The van der Waals surface area contributed by atoms with Gasteiger partial charge in [0.1, 0.15) is 17.8 Å². The molecule has 0 fully saturated rings. The molecule has 164 valence electrons. The predicted octanol–water partition coefficient (Wildman–Crippen LogP) is 6.29. The van der Waals surface area contributed by atoms with Crippen molar-refractivity contribution < 1.29 is 4.74 Å². The molecule has 0 amide bonds. The number of nitrogens with zero attached hydrogens (tertiary/aromatic N) is 3. The highest BCUT2D eigenvalue weighted by molar-refractivity contribution is 5.97. The molecule has 0 aliphatic rings. The maximum absolute atomic E-state index is 6.55. The summed E-state index contributed by atoms with van der Waals surface area (Å²) in [7, 11) is 0. The minimum absolute atomic E-state index is 0.505. The van der Waals surface area contributed by atoms with Crippen LogP contribution in [0.15, 0.2) is 73.1 Å². The second-order valence-corrected chi connectivity index (χ2v) is 7.55. The number of benzene rings is 3. The Morgan fingerprint density at radius 2 is 1.72 bits per heavy atom. The molecule has 0 bridgehead atoms. The molecule has 0 aliphatic carbocycles. The first-order valence-electron chi connectivity index (χ1n) is 11.1. The highest BCUT2D eigenvalue weighted by Gasteiger charge is 2.17. The molecule has 0 radical (unpaired) electrons. The number of unbranched alkanes of at least 4 members (excludes halogenated alkanes) is 1. The number of fused-ring (bicyclic) bond motifs is 1. The third kappa shape index (κ3) is 4.59. The van der Waals surface area contributed by atoms with E-state index >= 15 is 0 Å². The van der Waals surface area contributed by atoms with Gasteiger partial charge in [-0.1, -0.05) is 49.7 Å². The van der Waals surface area contributed by atoms with E-state index in [1.165, 1.54) is 5.39 Å². The van der Waals surface area contributed by atoms with Crippen LogP contribution in [0.3, 0.4) is 0 Å². The average Bonchev–Trinajstić information content (AvgIpc) is 2.83. The van der Waals surface area contributed by atoms with Crippen LogP contribution in [0, 0.1) is 0 Å². The molecule has 0 saturated heterocycles. The summed E-state index contributed by atoms with van der Waals surface area (Å²) < 4.78 is 5.74. The van der Waals surface area contributed by atoms with Gasteiger partial charge in [-0.15, -0.1) is 0 Å². The molecule has 32 heavy (non-hydrogen) atoms. The number of nitrogen functional groups attached to an aromatic ring is 1. The molecule has 0 atom stereocenters. The molecular weight excluding hydrogens is 398 g/mol. The summed E-state index contributed by atoms with van der Waals surface area (Å²) in [5, 5.41) is 5.65. The van der Waals surface area contributed by atoms with Gasteiger partial charge in [-0.05, 0) is 49.1 Å². The predicted molar refractivity (Wildman–Crippen MR) is 133 cm³/mol. The smallest absolute Gasteiger partial charge is 0.161 e. The third-order valence-corrected chi connectivity index (χ3v) is 5.38. The van der Waals surface area contributed by atoms with E-state index in [1.807, 2.05) is 36.4 Å². The van der Waals surface area contributed by atoms with Crippen molar-refractivity contribution in [3.8, 4) is 5.75 Å². The van der Waals surface area contributed by atoms with Gasteiger partial charge < -0.3 is 20.7 Å². The van der Waals surface area contributed by atoms with Gasteiger partial charge in [0.25, 0.3) is 0 Å². The molecule has 3 N–H and O–H groups in total. The van der Waals surface area contributed by atoms with Crippen molar-refractivity contribution in [1.82, 2.24) is 9.97 Å². The van der Waals surface area contributed by atoms with Gasteiger partial charge in [0.2, 0.25) is 0 Å². The minimum Gasteiger partial charge on any atom is -0.494 e. The van der Waals surface area contributed by atoms with E-state index in [9.17, 15) is 0 Å². The monoisotopic (exact) mass is 427 g/mol. The molecule has 4 aromatic rings. The fraction of sp³-hybridized carbons (Fsp3) is 0.231. The Bertz CT molecular complexity index is 1170. The van der Waals surface area contributed by atoms with Crippen LogP contribution in [0.25, 0.3) is 10.8 Å². The SMILES string of the molecule is CCCCOc1ccc(Nc2ncnc(N(CC)c3cccc4ccccc34)c2N)cc1. The van der Waals surface area contributed by atoms with E-state index in [0.717, 1.165) is 48.5 Å². The van der Waals surface area contributed by atoms with Gasteiger partial charge in [-0.2, -0.15) is 0 Å². The largest absolute Gasteiger partial charge is 0.494 e. The maximum Gasteiger partial charge on any atom is 0.161 e. The van der Waals surface area contributed by atoms with Crippen LogP contribution in [0.2, 0.25) is 0 Å². The van der Waals surface area contributed by atoms with Crippen molar-refractivity contribution in [2.75, 3.05) is 29.1 Å². The average molecular weight is 428 g/mol. The van der Waals surface area contributed by atoms with Crippen molar-refractivity contribution in [2.24, 2.45) is 0 Å². The lowest BCUT2D eigenvalue weighted by atomic mass is 10.1. The summed E-state index contributed by atoms with van der Waals surface area (Å²) in [5.41, 5.74) is 9.00. The molecule has 0 saturated carbocycles. The molecule has 0 aliphatic heterocycles. The van der Waals surface area contributed by atoms with Crippen LogP contribution in [0.5, 0.6) is 5.75 Å². The number of rotatable bonds is 9. The van der Waals surface area contributed by atoms with E-state index in [0.29, 0.717) is 17.3 Å². The molecule has 1 heterocycles. The molecule has 0 unspecified atom stereocenters. The van der Waals surface area contributed by atoms with Gasteiger partial charge in [0.15, 0.2) is 11.6 Å². The van der Waals surface area contributed by atoms with Crippen molar-refractivity contribution in [2.45, 2.75) is 26.7 Å². The lowest BCUT2D eigenvalue weighted by Gasteiger charge is -2.25. The molecule has 1 aromatic heterocycles. The zero-order valence-electron chi connectivity index (χ0n) is 18.6. The number of aromatic nitrogens is 2. The standard InChI is InChI=1S/C26H29N5O/c1-3-5-17-32-21-15-13-20(14-16-21)30-25-24(27)26(29-18-28-25)31(4-2)23-12-8-10-19-9-6-7-11-22(19)23/h6-16,18H,3-5,17,27H2,1-2H3,(H,28,29,30). The van der Waals surface area contributed by atoms with Gasteiger partial charge in [-0.3, -0.25) is 0 Å². The number of hydrogen-bond acceptors (Lipinski definition) is 6. The molecule has 6 nitrogen and oxygen atoms in total. The van der Waals surface area contributed by atoms with E-state index in [4.69, 9.17) is 10.5 Å². The summed E-state index contributed by atoms with van der Waals surface area (Å²) >= 11 is 0. The fourth-order valence-corrected chi connectivity index (χ4v) is 3.68. The Morgan fingerprint density at radius 3 is 2.50 bits per heavy atom. The molecular formula is C26H29N5O. The van der Waals surface area contributed by atoms with Crippen LogP contribution in [-0.4, -0.2) is 23.1 Å². The van der Waals surface area contributed by atoms with Crippen LogP contribution in [0.1, 0.15) is 26.7 Å². The van der Waals surface area contributed by atoms with E-state index in [1.54, 1.807) is 6.33 Å². The van der Waals surface area contributed by atoms with Crippen LogP contribution < -0.4 is 20.7 Å². The topological polar surface area (TPSA) is 76.3 Å². The summed E-state index contributed by atoms with van der Waals surface area (Å²) in [5.74, 6) is 2.11. The molecule has 0 spiro atoms. The van der Waals surface area contributed by atoms with Crippen LogP contribution in [0.4, 0.5) is 28.7 Å². The summed E-state index contributed by atoms with van der Waals surface area (Å²) in [4.78, 5) is 11.0. The molecule has 6 heteroatoms. The maximum atomic E-state index is 6.55. The number of nitrogens with two attached hydrogens (primary N) is 1. The lowest BCUT2D eigenvalue weighted by molar-refractivity contribution is 0.309. The van der Waals surface area contributed by atoms with E-state index < -0.39 is 0 Å². The Balaban J connectivity index is 1.60. The first kappa shape index (κ1) is 21.4. The zero-order chi connectivity index (χ0) is 22.3. The first-order chi connectivity index (χ1) is 15.7. The van der Waals surface area contributed by atoms with Crippen molar-refractivity contribution in [3.05, 3.63) is 73.1 Å². The first-order valence-corrected chi connectivity index (χ1v) is 11.1. The van der Waals surface area contributed by atoms with Crippen molar-refractivity contribution in [1.29, 1.82) is 0 Å². The number of ether oxygens (including phenoxy) is 1. The fourth-order valence-electron chi connectivity index (χ4n) is 3.68. The Labute approximate surface area is 189 Å². The number of anilines is 5. The van der Waals surface area contributed by atoms with Gasteiger partial charge in [0.05, 0.1) is 12.3 Å². The van der Waals surface area contributed by atoms with Crippen LogP contribution in [-0.2, 0) is 0 Å². The summed E-state index contributed by atoms with van der Waals surface area (Å²) in [6.07, 6.45) is 3.71. The number of hydrogen-bond donors (Lipinski definition) is 2. The Kier molecular flexibility index (Phi) is 6.70. The Morgan fingerprint density at radius 1 is 0.938 bits per heavy atom. The van der Waals surface area contributed by atoms with Gasteiger partial charge in [0, 0.05) is 17.6 Å². The van der Waals surface area contributed by atoms with E-state index in [2.05, 4.69) is 64.4 Å².